The van der Waals surface area contributed by atoms with E-state index in [0.29, 0.717) is 5.92 Å². The third-order valence-corrected chi connectivity index (χ3v) is 5.47. The number of rotatable bonds is 4. The lowest BCUT2D eigenvalue weighted by Gasteiger charge is -2.44. The molecule has 6 heteroatoms. The van der Waals surface area contributed by atoms with Crippen LogP contribution in [0.3, 0.4) is 0 Å². The van der Waals surface area contributed by atoms with Gasteiger partial charge in [0, 0.05) is 18.9 Å². The molecule has 22 heavy (non-hydrogen) atoms. The molecule has 3 fully saturated rings. The van der Waals surface area contributed by atoms with E-state index >= 15 is 0 Å². The Morgan fingerprint density at radius 1 is 1.41 bits per heavy atom. The van der Waals surface area contributed by atoms with E-state index in [1.807, 2.05) is 27.6 Å². The molecule has 5 rings (SSSR count). The topological polar surface area (TPSA) is 47.4 Å². The summed E-state index contributed by atoms with van der Waals surface area (Å²) in [4.78, 5) is 19.3. The molecule has 0 saturated carbocycles. The van der Waals surface area contributed by atoms with E-state index in [1.54, 1.807) is 23.9 Å². The molecular formula is C16H19N3O2S. The summed E-state index contributed by atoms with van der Waals surface area (Å²) in [7, 11) is 0. The van der Waals surface area contributed by atoms with Crippen LogP contribution >= 0.6 is 11.3 Å². The predicted octanol–water partition coefficient (Wildman–Crippen LogP) is 2.17. The summed E-state index contributed by atoms with van der Waals surface area (Å²) in [6, 6.07) is 1.55. The highest BCUT2D eigenvalue weighted by Gasteiger charge is 2.38. The van der Waals surface area contributed by atoms with Crippen LogP contribution in [0.15, 0.2) is 35.5 Å². The van der Waals surface area contributed by atoms with Gasteiger partial charge in [0.1, 0.15) is 6.10 Å². The summed E-state index contributed by atoms with van der Waals surface area (Å²) in [6.45, 7) is 3.18. The Morgan fingerprint density at radius 3 is 2.86 bits per heavy atom. The smallest absolute Gasteiger partial charge is 0.334 e. The number of fused-ring (bicyclic) bond motifs is 3. The maximum atomic E-state index is 12.8. The van der Waals surface area contributed by atoms with E-state index in [1.165, 1.54) is 0 Å². The molecule has 0 N–H and O–H groups in total. The van der Waals surface area contributed by atoms with Gasteiger partial charge in [0.2, 0.25) is 0 Å². The van der Waals surface area contributed by atoms with Gasteiger partial charge in [-0.15, -0.1) is 0 Å². The Balaban J connectivity index is 1.54. The van der Waals surface area contributed by atoms with Crippen LogP contribution in [0.1, 0.15) is 24.4 Å². The molecule has 2 unspecified atom stereocenters. The Kier molecular flexibility index (Phi) is 3.72. The van der Waals surface area contributed by atoms with E-state index in [0.717, 1.165) is 38.0 Å². The van der Waals surface area contributed by atoms with Gasteiger partial charge in [0.15, 0.2) is 6.04 Å². The van der Waals surface area contributed by atoms with E-state index < -0.39 is 6.04 Å². The second-order valence-electron chi connectivity index (χ2n) is 6.08. The number of piperidine rings is 3. The molecule has 2 aromatic rings. The number of aromatic nitrogens is 2. The minimum absolute atomic E-state index is 0.0413. The van der Waals surface area contributed by atoms with Crippen molar-refractivity contribution in [2.75, 3.05) is 19.6 Å². The van der Waals surface area contributed by atoms with Gasteiger partial charge in [0.05, 0.1) is 6.33 Å². The zero-order valence-electron chi connectivity index (χ0n) is 12.3. The summed E-state index contributed by atoms with van der Waals surface area (Å²) in [5, 5.41) is 3.99. The van der Waals surface area contributed by atoms with E-state index in [4.69, 9.17) is 4.74 Å². The lowest BCUT2D eigenvalue weighted by molar-refractivity contribution is -0.161. The van der Waals surface area contributed by atoms with Crippen LogP contribution in [0.5, 0.6) is 0 Å². The van der Waals surface area contributed by atoms with Gasteiger partial charge < -0.3 is 9.30 Å². The maximum Gasteiger partial charge on any atom is 0.334 e. The third kappa shape index (κ3) is 2.57. The van der Waals surface area contributed by atoms with Gasteiger partial charge in [-0.3, -0.25) is 4.90 Å². The van der Waals surface area contributed by atoms with Crippen molar-refractivity contribution in [3.8, 4) is 0 Å². The molecule has 3 aliphatic heterocycles. The molecule has 0 aromatic carbocycles. The van der Waals surface area contributed by atoms with Gasteiger partial charge in [-0.05, 0) is 54.2 Å². The highest BCUT2D eigenvalue weighted by Crippen LogP contribution is 2.31. The molecule has 2 aromatic heterocycles. The number of hydrogen-bond donors (Lipinski definition) is 0. The molecule has 0 amide bonds. The van der Waals surface area contributed by atoms with Crippen LogP contribution < -0.4 is 0 Å². The molecule has 2 atom stereocenters. The van der Waals surface area contributed by atoms with Crippen molar-refractivity contribution in [3.05, 3.63) is 41.1 Å². The van der Waals surface area contributed by atoms with E-state index in [2.05, 4.69) is 9.88 Å². The molecule has 0 spiro atoms. The van der Waals surface area contributed by atoms with Crippen molar-refractivity contribution in [3.63, 3.8) is 0 Å². The lowest BCUT2D eigenvalue weighted by Crippen LogP contribution is -2.52. The molecule has 2 bridgehead atoms. The summed E-state index contributed by atoms with van der Waals surface area (Å²) >= 11 is 1.59. The summed E-state index contributed by atoms with van der Waals surface area (Å²) in [5.74, 6) is 0.356. The average molecular weight is 317 g/mol. The molecule has 5 nitrogen and oxygen atoms in total. The van der Waals surface area contributed by atoms with Crippen molar-refractivity contribution < 1.29 is 9.53 Å². The fourth-order valence-electron chi connectivity index (χ4n) is 3.54. The zero-order chi connectivity index (χ0) is 14.9. The van der Waals surface area contributed by atoms with Crippen molar-refractivity contribution in [2.45, 2.75) is 25.0 Å². The number of nitrogens with zero attached hydrogens (tertiary/aromatic N) is 3. The third-order valence-electron chi connectivity index (χ3n) is 4.77. The van der Waals surface area contributed by atoms with E-state index in [-0.39, 0.29) is 12.1 Å². The summed E-state index contributed by atoms with van der Waals surface area (Å²) in [6.07, 6.45) is 7.53. The summed E-state index contributed by atoms with van der Waals surface area (Å²) < 4.78 is 7.74. The number of thiophene rings is 1. The average Bonchev–Trinajstić information content (AvgIpc) is 3.23. The fraction of sp³-hybridized carbons (Fsp3) is 0.500. The minimum atomic E-state index is -0.427. The monoisotopic (exact) mass is 317 g/mol. The Bertz CT molecular complexity index is 584. The SMILES string of the molecule is O=C(OC1CN2CCC1CC2)C(c1ccsc1)n1ccnc1. The first-order valence-electron chi connectivity index (χ1n) is 7.73. The molecule has 0 radical (unpaired) electrons. The van der Waals surface area contributed by atoms with E-state index in [9.17, 15) is 4.79 Å². The van der Waals surface area contributed by atoms with Crippen LogP contribution in [-0.4, -0.2) is 46.2 Å². The van der Waals surface area contributed by atoms with Crippen LogP contribution in [0.25, 0.3) is 0 Å². The highest BCUT2D eigenvalue weighted by molar-refractivity contribution is 7.08. The standard InChI is InChI=1S/C16H19N3O2S/c20-16(21-14-9-18-5-1-12(14)2-6-18)15(13-3-8-22-10-13)19-7-4-17-11-19/h3-4,7-8,10-12,14-15H,1-2,5-6,9H2. The fourth-order valence-corrected chi connectivity index (χ4v) is 4.22. The second-order valence-corrected chi connectivity index (χ2v) is 6.86. The normalized spacial score (nSPS) is 28.5. The molecule has 5 heterocycles. The first-order chi connectivity index (χ1) is 10.8. The van der Waals surface area contributed by atoms with Crippen molar-refractivity contribution in [2.24, 2.45) is 5.92 Å². The van der Waals surface area contributed by atoms with Gasteiger partial charge in [-0.2, -0.15) is 11.3 Å². The number of esters is 1. The first kappa shape index (κ1) is 14.0. The Hall–Kier alpha value is -1.66. The van der Waals surface area contributed by atoms with Crippen LogP contribution in [0.2, 0.25) is 0 Å². The zero-order valence-corrected chi connectivity index (χ0v) is 13.1. The molecule has 0 aliphatic carbocycles. The maximum absolute atomic E-state index is 12.8. The number of ether oxygens (including phenoxy) is 1. The molecule has 3 saturated heterocycles. The highest BCUT2D eigenvalue weighted by atomic mass is 32.1. The van der Waals surface area contributed by atoms with Crippen LogP contribution in [0, 0.1) is 5.92 Å². The van der Waals surface area contributed by atoms with Crippen molar-refractivity contribution in [1.82, 2.24) is 14.5 Å². The largest absolute Gasteiger partial charge is 0.459 e. The van der Waals surface area contributed by atoms with Crippen LogP contribution in [0.4, 0.5) is 0 Å². The minimum Gasteiger partial charge on any atom is -0.459 e. The number of hydrogen-bond acceptors (Lipinski definition) is 5. The predicted molar refractivity (Wildman–Crippen MR) is 83.7 cm³/mol. The second kappa shape index (κ2) is 5.85. The quantitative estimate of drug-likeness (QED) is 0.811. The van der Waals surface area contributed by atoms with Gasteiger partial charge in [-0.1, -0.05) is 0 Å². The Morgan fingerprint density at radius 2 is 2.27 bits per heavy atom. The Labute approximate surface area is 133 Å². The van der Waals surface area contributed by atoms with Crippen molar-refractivity contribution >= 4 is 17.3 Å². The molecule has 116 valence electrons. The molecule has 3 aliphatic rings. The lowest BCUT2D eigenvalue weighted by atomic mass is 9.86. The molecular weight excluding hydrogens is 298 g/mol. The van der Waals surface area contributed by atoms with Crippen molar-refractivity contribution in [1.29, 1.82) is 0 Å². The number of imidazole rings is 1. The van der Waals surface area contributed by atoms with Gasteiger partial charge in [-0.25, -0.2) is 9.78 Å². The van der Waals surface area contributed by atoms with Gasteiger partial charge >= 0.3 is 5.97 Å². The van der Waals surface area contributed by atoms with Crippen LogP contribution in [-0.2, 0) is 9.53 Å². The summed E-state index contributed by atoms with van der Waals surface area (Å²) in [5.41, 5.74) is 0.967. The first-order valence-corrected chi connectivity index (χ1v) is 8.68. The van der Waals surface area contributed by atoms with Gasteiger partial charge in [0.25, 0.3) is 0 Å². The number of carbonyl (C=O) groups excluding carboxylic acids is 1. The number of carbonyl (C=O) groups is 1.